The Morgan fingerprint density at radius 3 is 2.86 bits per heavy atom. The summed E-state index contributed by atoms with van der Waals surface area (Å²) >= 11 is 1.43. The first-order valence-electron chi connectivity index (χ1n) is 9.30. The van der Waals surface area contributed by atoms with Crippen molar-refractivity contribution in [3.05, 3.63) is 40.8 Å². The molecule has 0 saturated heterocycles. The van der Waals surface area contributed by atoms with Gasteiger partial charge in [0.25, 0.3) is 5.19 Å². The molecule has 3 heterocycles. The molecule has 0 bridgehead atoms. The lowest BCUT2D eigenvalue weighted by Gasteiger charge is -2.17. The van der Waals surface area contributed by atoms with E-state index in [9.17, 15) is 9.90 Å². The molecule has 2 aliphatic rings. The minimum atomic E-state index is -0.909. The van der Waals surface area contributed by atoms with E-state index in [1.165, 1.54) is 11.3 Å². The number of H-pyrrole nitrogens is 1. The molecule has 0 aliphatic heterocycles. The van der Waals surface area contributed by atoms with E-state index in [-0.39, 0.29) is 6.04 Å². The summed E-state index contributed by atoms with van der Waals surface area (Å²) in [6.07, 6.45) is 7.17. The Balaban J connectivity index is 1.64. The number of pyridine rings is 1. The minimum absolute atomic E-state index is 0.257. The van der Waals surface area contributed by atoms with E-state index in [0.717, 1.165) is 52.2 Å². The van der Waals surface area contributed by atoms with Crippen LogP contribution in [0.3, 0.4) is 0 Å². The zero-order valence-electron chi connectivity index (χ0n) is 15.4. The SMILES string of the molecule is COc1ncc(-c2cc3c(cn2)CCc2c-3[nH]c(C(N)C3CC3)c2C(=O)O)s1. The van der Waals surface area contributed by atoms with Gasteiger partial charge in [0.05, 0.1) is 35.1 Å². The average Bonchev–Trinajstić information content (AvgIpc) is 3.30. The second-order valence-electron chi connectivity index (χ2n) is 7.36. The molecule has 1 atom stereocenters. The zero-order valence-corrected chi connectivity index (χ0v) is 16.2. The highest BCUT2D eigenvalue weighted by Gasteiger charge is 2.36. The summed E-state index contributed by atoms with van der Waals surface area (Å²) in [5, 5.41) is 10.4. The summed E-state index contributed by atoms with van der Waals surface area (Å²) < 4.78 is 5.18. The zero-order chi connectivity index (χ0) is 19.4. The minimum Gasteiger partial charge on any atom is -0.478 e. The Morgan fingerprint density at radius 2 is 2.18 bits per heavy atom. The molecule has 7 nitrogen and oxygen atoms in total. The van der Waals surface area contributed by atoms with Gasteiger partial charge in [0.15, 0.2) is 0 Å². The number of fused-ring (bicyclic) bond motifs is 3. The molecule has 0 spiro atoms. The number of nitrogens with one attached hydrogen (secondary N) is 1. The quantitative estimate of drug-likeness (QED) is 0.609. The Bertz CT molecular complexity index is 1080. The maximum Gasteiger partial charge on any atom is 0.337 e. The summed E-state index contributed by atoms with van der Waals surface area (Å²) in [6, 6.07) is 1.75. The third-order valence-corrected chi connectivity index (χ3v) is 6.60. The maximum absolute atomic E-state index is 12.0. The van der Waals surface area contributed by atoms with Crippen LogP contribution in [0.2, 0.25) is 0 Å². The van der Waals surface area contributed by atoms with Crippen LogP contribution in [0.5, 0.6) is 5.19 Å². The predicted octanol–water partition coefficient (Wildman–Crippen LogP) is 3.42. The Labute approximate surface area is 165 Å². The molecule has 1 saturated carbocycles. The van der Waals surface area contributed by atoms with E-state index >= 15 is 0 Å². The first-order valence-corrected chi connectivity index (χ1v) is 10.1. The second kappa shape index (κ2) is 6.42. The van der Waals surface area contributed by atoms with Gasteiger partial charge in [-0.25, -0.2) is 9.78 Å². The number of hydrogen-bond donors (Lipinski definition) is 3. The van der Waals surface area contributed by atoms with Gasteiger partial charge in [-0.2, -0.15) is 0 Å². The fourth-order valence-electron chi connectivity index (χ4n) is 4.01. The van der Waals surface area contributed by atoms with E-state index in [1.54, 1.807) is 13.3 Å². The molecule has 5 rings (SSSR count). The van der Waals surface area contributed by atoms with Crippen LogP contribution in [0.25, 0.3) is 21.8 Å². The van der Waals surface area contributed by atoms with Crippen LogP contribution in [0, 0.1) is 5.92 Å². The maximum atomic E-state index is 12.0. The van der Waals surface area contributed by atoms with Crippen molar-refractivity contribution in [1.29, 1.82) is 0 Å². The van der Waals surface area contributed by atoms with Gasteiger partial charge in [0.1, 0.15) is 0 Å². The van der Waals surface area contributed by atoms with Gasteiger partial charge in [-0.3, -0.25) is 4.98 Å². The number of carboxylic acid groups (broad SMARTS) is 1. The molecule has 3 aromatic heterocycles. The first-order chi connectivity index (χ1) is 13.6. The third kappa shape index (κ3) is 2.71. The molecule has 2 aliphatic carbocycles. The van der Waals surface area contributed by atoms with Crippen LogP contribution in [0.15, 0.2) is 18.5 Å². The molecule has 8 heteroatoms. The van der Waals surface area contributed by atoms with Gasteiger partial charge >= 0.3 is 5.97 Å². The third-order valence-electron chi connectivity index (χ3n) is 5.62. The molecule has 144 valence electrons. The molecule has 28 heavy (non-hydrogen) atoms. The number of carbonyl (C=O) groups is 1. The number of thiazole rings is 1. The summed E-state index contributed by atoms with van der Waals surface area (Å²) in [5.41, 5.74) is 12.0. The number of aromatic nitrogens is 3. The van der Waals surface area contributed by atoms with Gasteiger partial charge in [0.2, 0.25) is 0 Å². The lowest BCUT2D eigenvalue weighted by atomic mass is 9.88. The van der Waals surface area contributed by atoms with Crippen LogP contribution in [0.1, 0.15) is 46.1 Å². The van der Waals surface area contributed by atoms with Crippen LogP contribution < -0.4 is 10.5 Å². The molecule has 3 aromatic rings. The van der Waals surface area contributed by atoms with E-state index in [2.05, 4.69) is 15.0 Å². The van der Waals surface area contributed by atoms with Gasteiger partial charge in [-0.05, 0) is 48.8 Å². The number of nitrogens with zero attached hydrogens (tertiary/aromatic N) is 2. The predicted molar refractivity (Wildman–Crippen MR) is 106 cm³/mol. The van der Waals surface area contributed by atoms with Gasteiger partial charge in [-0.15, -0.1) is 0 Å². The van der Waals surface area contributed by atoms with Crippen molar-refractivity contribution in [3.63, 3.8) is 0 Å². The molecular weight excluding hydrogens is 376 g/mol. The molecular formula is C20H20N4O3S. The number of carboxylic acids is 1. The number of nitrogens with two attached hydrogens (primary N) is 1. The van der Waals surface area contributed by atoms with E-state index < -0.39 is 5.97 Å². The van der Waals surface area contributed by atoms with Crippen LogP contribution in [0.4, 0.5) is 0 Å². The smallest absolute Gasteiger partial charge is 0.337 e. The lowest BCUT2D eigenvalue weighted by molar-refractivity contribution is 0.0694. The first kappa shape index (κ1) is 17.4. The molecule has 4 N–H and O–H groups in total. The molecule has 1 fully saturated rings. The number of methoxy groups -OCH3 is 1. The Hall–Kier alpha value is -2.71. The normalized spacial score (nSPS) is 16.4. The summed E-state index contributed by atoms with van der Waals surface area (Å²) in [7, 11) is 1.59. The van der Waals surface area contributed by atoms with Crippen molar-refractivity contribution in [2.75, 3.05) is 7.11 Å². The monoisotopic (exact) mass is 396 g/mol. The van der Waals surface area contributed by atoms with Crippen molar-refractivity contribution < 1.29 is 14.6 Å². The van der Waals surface area contributed by atoms with Crippen molar-refractivity contribution in [3.8, 4) is 27.0 Å². The lowest BCUT2D eigenvalue weighted by Crippen LogP contribution is -2.17. The standard InChI is InChI=1S/C20H20N4O3S/c1-27-20-23-8-14(28-20)13-6-12-10(7-22-13)4-5-11-15(19(25)26)18(24-17(11)12)16(21)9-2-3-9/h6-9,16,24H,2-5,21H2,1H3,(H,25,26). The second-order valence-corrected chi connectivity index (χ2v) is 8.35. The highest BCUT2D eigenvalue weighted by Crippen LogP contribution is 2.44. The Morgan fingerprint density at radius 1 is 1.36 bits per heavy atom. The molecule has 0 radical (unpaired) electrons. The largest absolute Gasteiger partial charge is 0.478 e. The van der Waals surface area contributed by atoms with Crippen LogP contribution in [-0.4, -0.2) is 33.1 Å². The molecule has 0 aromatic carbocycles. The number of ether oxygens (including phenoxy) is 1. The number of aromatic amines is 1. The van der Waals surface area contributed by atoms with Crippen molar-refractivity contribution in [1.82, 2.24) is 15.0 Å². The summed E-state index contributed by atoms with van der Waals surface area (Å²) in [4.78, 5) is 25.1. The number of hydrogen-bond acceptors (Lipinski definition) is 6. The number of aromatic carboxylic acids is 1. The highest BCUT2D eigenvalue weighted by atomic mass is 32.1. The van der Waals surface area contributed by atoms with Crippen LogP contribution in [-0.2, 0) is 12.8 Å². The van der Waals surface area contributed by atoms with Crippen molar-refractivity contribution in [2.45, 2.75) is 31.7 Å². The Kier molecular flexibility index (Phi) is 3.99. The number of rotatable bonds is 5. The number of aryl methyl sites for hydroxylation is 1. The fraction of sp³-hybridized carbons (Fsp3) is 0.350. The van der Waals surface area contributed by atoms with Gasteiger partial charge in [-0.1, -0.05) is 11.3 Å². The van der Waals surface area contributed by atoms with E-state index in [0.29, 0.717) is 28.8 Å². The van der Waals surface area contributed by atoms with Gasteiger partial charge < -0.3 is 20.6 Å². The summed E-state index contributed by atoms with van der Waals surface area (Å²) in [6.45, 7) is 0. The highest BCUT2D eigenvalue weighted by molar-refractivity contribution is 7.16. The molecule has 0 amide bonds. The van der Waals surface area contributed by atoms with E-state index in [1.807, 2.05) is 12.3 Å². The summed E-state index contributed by atoms with van der Waals surface area (Å²) in [5.74, 6) is -0.538. The molecule has 1 unspecified atom stereocenters. The topological polar surface area (TPSA) is 114 Å². The van der Waals surface area contributed by atoms with Crippen molar-refractivity contribution >= 4 is 17.3 Å². The van der Waals surface area contributed by atoms with Gasteiger partial charge in [0, 0.05) is 23.5 Å². The van der Waals surface area contributed by atoms with Crippen LogP contribution >= 0.6 is 11.3 Å². The van der Waals surface area contributed by atoms with Crippen molar-refractivity contribution in [2.24, 2.45) is 11.7 Å². The average molecular weight is 396 g/mol. The fourth-order valence-corrected chi connectivity index (χ4v) is 4.70. The van der Waals surface area contributed by atoms with E-state index in [4.69, 9.17) is 10.5 Å².